The van der Waals surface area contributed by atoms with Crippen LogP contribution in [-0.4, -0.2) is 48.1 Å². The highest BCUT2D eigenvalue weighted by atomic mass is 35.5. The second-order valence-corrected chi connectivity index (χ2v) is 6.30. The van der Waals surface area contributed by atoms with Crippen LogP contribution in [0, 0.1) is 0 Å². The van der Waals surface area contributed by atoms with Crippen LogP contribution in [0.5, 0.6) is 11.5 Å². The number of aromatic nitrogens is 2. The maximum absolute atomic E-state index is 12.6. The summed E-state index contributed by atoms with van der Waals surface area (Å²) in [5, 5.41) is 3.55. The van der Waals surface area contributed by atoms with Crippen LogP contribution in [-0.2, 0) is 0 Å². The van der Waals surface area contributed by atoms with Crippen LogP contribution >= 0.6 is 11.6 Å². The van der Waals surface area contributed by atoms with Crippen LogP contribution < -0.4 is 14.8 Å². The molecule has 7 nitrogen and oxygen atoms in total. The Balaban J connectivity index is 2.19. The van der Waals surface area contributed by atoms with Crippen LogP contribution in [0.4, 0.5) is 11.5 Å². The topological polar surface area (TPSA) is 76.6 Å². The number of nitrogens with one attached hydrogen (secondary N) is 1. The quantitative estimate of drug-likeness (QED) is 0.690. The summed E-state index contributed by atoms with van der Waals surface area (Å²) < 4.78 is 10.6. The summed E-state index contributed by atoms with van der Waals surface area (Å²) in [6, 6.07) is 3.37. The minimum absolute atomic E-state index is 0.108. The zero-order chi connectivity index (χ0) is 19.8. The normalized spacial score (nSPS) is 10.4. The predicted molar refractivity (Wildman–Crippen MR) is 106 cm³/mol. The molecule has 8 heteroatoms. The second kappa shape index (κ2) is 9.97. The lowest BCUT2D eigenvalue weighted by Crippen LogP contribution is -2.33. The summed E-state index contributed by atoms with van der Waals surface area (Å²) in [4.78, 5) is 22.9. The van der Waals surface area contributed by atoms with Gasteiger partial charge in [0.2, 0.25) is 0 Å². The number of amides is 1. The van der Waals surface area contributed by atoms with Crippen molar-refractivity contribution in [1.82, 2.24) is 14.9 Å². The molecule has 0 spiro atoms. The SMILES string of the molecule is CCCN(CCC)C(=O)c1cnc(Nc2cc(OC)c(Cl)cc2OC)cn1. The smallest absolute Gasteiger partial charge is 0.274 e. The van der Waals surface area contributed by atoms with Crippen LogP contribution in [0.15, 0.2) is 24.5 Å². The van der Waals surface area contributed by atoms with Crippen LogP contribution in [0.2, 0.25) is 5.02 Å². The van der Waals surface area contributed by atoms with Crippen LogP contribution in [0.3, 0.4) is 0 Å². The number of anilines is 2. The standard InChI is InChI=1S/C19H25ClN4O3/c1-5-7-24(8-6-2)19(25)15-11-22-18(12-21-15)23-14-10-16(26-3)13(20)9-17(14)27-4/h9-12H,5-8H2,1-4H3,(H,22,23). The number of hydrogen-bond acceptors (Lipinski definition) is 6. The fourth-order valence-electron chi connectivity index (χ4n) is 2.62. The molecular formula is C19H25ClN4O3. The molecule has 0 bridgehead atoms. The minimum Gasteiger partial charge on any atom is -0.495 e. The summed E-state index contributed by atoms with van der Waals surface area (Å²) in [5.74, 6) is 1.42. The highest BCUT2D eigenvalue weighted by Gasteiger charge is 2.16. The lowest BCUT2D eigenvalue weighted by molar-refractivity contribution is 0.0749. The van der Waals surface area contributed by atoms with Crippen molar-refractivity contribution in [1.29, 1.82) is 0 Å². The lowest BCUT2D eigenvalue weighted by Gasteiger charge is -2.20. The zero-order valence-corrected chi connectivity index (χ0v) is 16.8. The van der Waals surface area contributed by atoms with Crippen molar-refractivity contribution in [3.05, 3.63) is 35.2 Å². The molecule has 27 heavy (non-hydrogen) atoms. The van der Waals surface area contributed by atoms with Gasteiger partial charge in [0.25, 0.3) is 5.91 Å². The van der Waals surface area contributed by atoms with Gasteiger partial charge in [-0.2, -0.15) is 0 Å². The molecule has 0 atom stereocenters. The van der Waals surface area contributed by atoms with E-state index in [0.29, 0.717) is 46.8 Å². The summed E-state index contributed by atoms with van der Waals surface area (Å²) in [7, 11) is 3.09. The molecule has 2 aromatic rings. The molecular weight excluding hydrogens is 368 g/mol. The number of methoxy groups -OCH3 is 2. The van der Waals surface area contributed by atoms with E-state index >= 15 is 0 Å². The van der Waals surface area contributed by atoms with Gasteiger partial charge in [0.1, 0.15) is 23.0 Å². The molecule has 1 heterocycles. The summed E-state index contributed by atoms with van der Waals surface area (Å²) in [6.07, 6.45) is 4.79. The van der Waals surface area contributed by atoms with Crippen molar-refractivity contribution >= 4 is 29.0 Å². The van der Waals surface area contributed by atoms with Gasteiger partial charge in [0.05, 0.1) is 37.3 Å². The molecule has 1 amide bonds. The van der Waals surface area contributed by atoms with Gasteiger partial charge in [-0.05, 0) is 12.8 Å². The van der Waals surface area contributed by atoms with Gasteiger partial charge < -0.3 is 19.7 Å². The summed E-state index contributed by atoms with van der Waals surface area (Å²) in [6.45, 7) is 5.50. The number of hydrogen-bond donors (Lipinski definition) is 1. The van der Waals surface area contributed by atoms with E-state index in [-0.39, 0.29) is 5.91 Å². The first-order chi connectivity index (χ1) is 13.0. The Labute approximate surface area is 164 Å². The van der Waals surface area contributed by atoms with Crippen molar-refractivity contribution in [2.24, 2.45) is 0 Å². The number of carbonyl (C=O) groups is 1. The Kier molecular flexibility index (Phi) is 7.67. The first-order valence-corrected chi connectivity index (χ1v) is 9.21. The van der Waals surface area contributed by atoms with E-state index in [1.807, 2.05) is 13.8 Å². The van der Waals surface area contributed by atoms with E-state index < -0.39 is 0 Å². The monoisotopic (exact) mass is 392 g/mol. The molecule has 0 fully saturated rings. The summed E-state index contributed by atoms with van der Waals surface area (Å²) in [5.41, 5.74) is 0.953. The minimum atomic E-state index is -0.108. The molecule has 0 aliphatic heterocycles. The third-order valence-electron chi connectivity index (χ3n) is 3.88. The summed E-state index contributed by atoms with van der Waals surface area (Å²) >= 11 is 6.12. The highest BCUT2D eigenvalue weighted by Crippen LogP contribution is 2.36. The zero-order valence-electron chi connectivity index (χ0n) is 16.1. The van der Waals surface area contributed by atoms with Crippen molar-refractivity contribution in [3.8, 4) is 11.5 Å². The average molecular weight is 393 g/mol. The van der Waals surface area contributed by atoms with E-state index in [1.54, 1.807) is 24.1 Å². The maximum atomic E-state index is 12.6. The van der Waals surface area contributed by atoms with E-state index in [2.05, 4.69) is 15.3 Å². The Morgan fingerprint density at radius 1 is 1.07 bits per heavy atom. The predicted octanol–water partition coefficient (Wildman–Crippen LogP) is 4.15. The fourth-order valence-corrected chi connectivity index (χ4v) is 2.85. The third-order valence-corrected chi connectivity index (χ3v) is 4.18. The molecule has 2 rings (SSSR count). The Morgan fingerprint density at radius 2 is 1.74 bits per heavy atom. The molecule has 0 unspecified atom stereocenters. The van der Waals surface area contributed by atoms with Gasteiger partial charge >= 0.3 is 0 Å². The molecule has 0 saturated heterocycles. The Hall–Kier alpha value is -2.54. The second-order valence-electron chi connectivity index (χ2n) is 5.89. The molecule has 1 aromatic carbocycles. The van der Waals surface area contributed by atoms with Crippen molar-refractivity contribution in [3.63, 3.8) is 0 Å². The Bertz CT molecular complexity index is 762. The van der Waals surface area contributed by atoms with Crippen molar-refractivity contribution < 1.29 is 14.3 Å². The van der Waals surface area contributed by atoms with Gasteiger partial charge in [-0.25, -0.2) is 9.97 Å². The number of benzene rings is 1. The van der Waals surface area contributed by atoms with Crippen molar-refractivity contribution in [2.75, 3.05) is 32.6 Å². The average Bonchev–Trinajstić information content (AvgIpc) is 2.68. The molecule has 0 aliphatic rings. The van der Waals surface area contributed by atoms with Crippen LogP contribution in [0.25, 0.3) is 0 Å². The molecule has 146 valence electrons. The molecule has 0 saturated carbocycles. The molecule has 1 aromatic heterocycles. The molecule has 1 N–H and O–H groups in total. The van der Waals surface area contributed by atoms with E-state index in [9.17, 15) is 4.79 Å². The van der Waals surface area contributed by atoms with Gasteiger partial charge in [0.15, 0.2) is 0 Å². The highest BCUT2D eigenvalue weighted by molar-refractivity contribution is 6.32. The molecule has 0 radical (unpaired) electrons. The first kappa shape index (κ1) is 20.8. The first-order valence-electron chi connectivity index (χ1n) is 8.83. The maximum Gasteiger partial charge on any atom is 0.274 e. The molecule has 0 aliphatic carbocycles. The number of halogens is 1. The fraction of sp³-hybridized carbons (Fsp3) is 0.421. The van der Waals surface area contributed by atoms with E-state index in [4.69, 9.17) is 21.1 Å². The Morgan fingerprint density at radius 3 is 2.26 bits per heavy atom. The number of ether oxygens (including phenoxy) is 2. The van der Waals surface area contributed by atoms with Crippen LogP contribution in [0.1, 0.15) is 37.2 Å². The number of carbonyl (C=O) groups excluding carboxylic acids is 1. The third kappa shape index (κ3) is 5.23. The van der Waals surface area contributed by atoms with E-state index in [0.717, 1.165) is 12.8 Å². The van der Waals surface area contributed by atoms with Gasteiger partial charge in [-0.1, -0.05) is 25.4 Å². The van der Waals surface area contributed by atoms with Gasteiger partial charge in [-0.15, -0.1) is 0 Å². The van der Waals surface area contributed by atoms with Gasteiger partial charge in [0, 0.05) is 25.2 Å². The van der Waals surface area contributed by atoms with Gasteiger partial charge in [-0.3, -0.25) is 4.79 Å². The number of nitrogens with zero attached hydrogens (tertiary/aromatic N) is 3. The largest absolute Gasteiger partial charge is 0.495 e. The van der Waals surface area contributed by atoms with E-state index in [1.165, 1.54) is 19.5 Å². The lowest BCUT2D eigenvalue weighted by atomic mass is 10.2. The van der Waals surface area contributed by atoms with Crippen molar-refractivity contribution in [2.45, 2.75) is 26.7 Å². The number of rotatable bonds is 9.